The van der Waals surface area contributed by atoms with Crippen LogP contribution in [0.5, 0.6) is 0 Å². The van der Waals surface area contributed by atoms with Crippen LogP contribution in [-0.2, 0) is 14.4 Å². The molecule has 3 heterocycles. The molecule has 4 aliphatic rings. The number of benzene rings is 1. The number of nitrogens with one attached hydrogen (secondary N) is 1. The topological polar surface area (TPSA) is 126 Å². The number of carboxylic acid groups (broad SMARTS) is 1. The molecule has 2 aliphatic carbocycles. The number of rotatable bonds is 9. The Balaban J connectivity index is 1.34. The van der Waals surface area contributed by atoms with Crippen molar-refractivity contribution < 1.29 is 19.5 Å². The molecule has 42 heavy (non-hydrogen) atoms. The summed E-state index contributed by atoms with van der Waals surface area (Å²) in [5.74, 6) is 0.375. The Morgan fingerprint density at radius 3 is 2.33 bits per heavy atom. The first kappa shape index (κ1) is 28.8. The second kappa shape index (κ2) is 12.5. The molecule has 1 amide bonds. The highest BCUT2D eigenvalue weighted by Crippen LogP contribution is 2.47. The maximum Gasteiger partial charge on any atom is 0.344 e. The van der Waals surface area contributed by atoms with Crippen molar-refractivity contribution in [1.82, 2.24) is 19.8 Å². The van der Waals surface area contributed by atoms with Gasteiger partial charge in [0, 0.05) is 44.1 Å². The van der Waals surface area contributed by atoms with E-state index in [1.165, 1.54) is 57.8 Å². The molecular weight excluding hydrogens is 534 g/mol. The van der Waals surface area contributed by atoms with Crippen molar-refractivity contribution in [3.63, 3.8) is 0 Å². The molecule has 226 valence electrons. The molecule has 0 radical (unpaired) electrons. The van der Waals surface area contributed by atoms with Crippen LogP contribution < -0.4 is 10.9 Å². The normalized spacial score (nSPS) is 29.7. The van der Waals surface area contributed by atoms with E-state index in [1.807, 2.05) is 28.8 Å². The zero-order valence-electron chi connectivity index (χ0n) is 24.5. The number of aromatic nitrogens is 2. The molecule has 2 saturated heterocycles. The third kappa shape index (κ3) is 5.96. The van der Waals surface area contributed by atoms with Crippen LogP contribution in [0.25, 0.3) is 11.0 Å². The molecule has 5 atom stereocenters. The highest BCUT2D eigenvalue weighted by molar-refractivity contribution is 6.01. The molecule has 2 aliphatic heterocycles. The minimum atomic E-state index is -1.17. The van der Waals surface area contributed by atoms with Crippen LogP contribution in [0.1, 0.15) is 95.2 Å². The minimum Gasteiger partial charge on any atom is -0.479 e. The van der Waals surface area contributed by atoms with Crippen molar-refractivity contribution >= 4 is 28.6 Å². The fourth-order valence-electron chi connectivity index (χ4n) is 8.57. The summed E-state index contributed by atoms with van der Waals surface area (Å²) in [6, 6.07) is 9.31. The number of fused-ring (bicyclic) bond motifs is 5. The van der Waals surface area contributed by atoms with Crippen molar-refractivity contribution in [1.29, 1.82) is 0 Å². The van der Waals surface area contributed by atoms with E-state index in [4.69, 9.17) is 14.9 Å². The molecule has 2 N–H and O–H groups in total. The van der Waals surface area contributed by atoms with E-state index in [9.17, 15) is 14.4 Å². The first-order valence-corrected chi connectivity index (χ1v) is 15.8. The Morgan fingerprint density at radius 2 is 1.64 bits per heavy atom. The van der Waals surface area contributed by atoms with Crippen LogP contribution >= 0.6 is 0 Å². The summed E-state index contributed by atoms with van der Waals surface area (Å²) in [6.07, 6.45) is 13.9. The van der Waals surface area contributed by atoms with Crippen molar-refractivity contribution in [2.45, 2.75) is 108 Å². The van der Waals surface area contributed by atoms with Gasteiger partial charge >= 0.3 is 5.97 Å². The van der Waals surface area contributed by atoms with E-state index >= 15 is 0 Å². The Hall–Kier alpha value is -3.27. The molecule has 4 fully saturated rings. The molecule has 10 nitrogen and oxygen atoms in total. The summed E-state index contributed by atoms with van der Waals surface area (Å²) >= 11 is 0. The number of para-hydroxylation sites is 2. The first-order chi connectivity index (χ1) is 20.4. The minimum absolute atomic E-state index is 0.0268. The van der Waals surface area contributed by atoms with Crippen LogP contribution in [0.3, 0.4) is 0 Å². The summed E-state index contributed by atoms with van der Waals surface area (Å²) in [7, 11) is 1.55. The Bertz CT molecular complexity index is 1380. The van der Waals surface area contributed by atoms with Gasteiger partial charge in [-0.15, -0.1) is 0 Å². The third-order valence-corrected chi connectivity index (χ3v) is 10.2. The molecular formula is C32H43N5O5. The Kier molecular flexibility index (Phi) is 8.60. The number of hydrogen-bond donors (Lipinski definition) is 2. The van der Waals surface area contributed by atoms with Gasteiger partial charge in [0.2, 0.25) is 12.5 Å². The number of hydrogen-bond acceptors (Lipinski definition) is 7. The second-order valence-electron chi connectivity index (χ2n) is 12.8. The maximum absolute atomic E-state index is 14.3. The molecule has 1 aromatic carbocycles. The van der Waals surface area contributed by atoms with Crippen LogP contribution in [-0.4, -0.2) is 68.9 Å². The zero-order valence-corrected chi connectivity index (χ0v) is 24.5. The predicted molar refractivity (Wildman–Crippen MR) is 159 cm³/mol. The average Bonchev–Trinajstić information content (AvgIpc) is 2.97. The summed E-state index contributed by atoms with van der Waals surface area (Å²) in [4.78, 5) is 50.1. The number of oxime groups is 1. The van der Waals surface area contributed by atoms with E-state index in [-0.39, 0.29) is 41.8 Å². The van der Waals surface area contributed by atoms with Gasteiger partial charge in [0.1, 0.15) is 5.71 Å². The lowest BCUT2D eigenvalue weighted by atomic mass is 9.68. The SMILES string of the molecule is CNC(=O)CCC(=NOCC(=O)O)c1nc2ccccc2n([C@H]2C[C@H]3CCC[C@@H](C2)N3C2CC3CCCC(C3)C2)c1=O. The molecule has 4 bridgehead atoms. The summed E-state index contributed by atoms with van der Waals surface area (Å²) in [5.41, 5.74) is 1.52. The lowest BCUT2D eigenvalue weighted by molar-refractivity contribution is -0.142. The van der Waals surface area contributed by atoms with E-state index in [1.54, 1.807) is 7.05 Å². The number of carbonyl (C=O) groups excluding carboxylic acids is 1. The van der Waals surface area contributed by atoms with E-state index in [0.29, 0.717) is 23.6 Å². The van der Waals surface area contributed by atoms with Gasteiger partial charge < -0.3 is 19.8 Å². The number of carboxylic acids is 1. The van der Waals surface area contributed by atoms with Gasteiger partial charge in [0.15, 0.2) is 5.69 Å². The van der Waals surface area contributed by atoms with Gasteiger partial charge in [-0.3, -0.25) is 14.5 Å². The van der Waals surface area contributed by atoms with E-state index < -0.39 is 12.6 Å². The monoisotopic (exact) mass is 577 g/mol. The molecule has 2 aromatic rings. The molecule has 0 spiro atoms. The van der Waals surface area contributed by atoms with E-state index in [2.05, 4.69) is 15.4 Å². The summed E-state index contributed by atoms with van der Waals surface area (Å²) in [6.45, 7) is -0.643. The highest BCUT2D eigenvalue weighted by Gasteiger charge is 2.45. The average molecular weight is 578 g/mol. The lowest BCUT2D eigenvalue weighted by Crippen LogP contribution is -2.58. The number of nitrogens with zero attached hydrogens (tertiary/aromatic N) is 4. The highest BCUT2D eigenvalue weighted by atomic mass is 16.6. The van der Waals surface area contributed by atoms with Crippen LogP contribution in [0.15, 0.2) is 34.2 Å². The van der Waals surface area contributed by atoms with Crippen molar-refractivity contribution in [3.8, 4) is 0 Å². The smallest absolute Gasteiger partial charge is 0.344 e. The van der Waals surface area contributed by atoms with Gasteiger partial charge in [0.05, 0.1) is 11.0 Å². The van der Waals surface area contributed by atoms with E-state index in [0.717, 1.165) is 30.2 Å². The number of carbonyl (C=O) groups is 2. The third-order valence-electron chi connectivity index (χ3n) is 10.2. The largest absolute Gasteiger partial charge is 0.479 e. The van der Waals surface area contributed by atoms with Gasteiger partial charge in [-0.1, -0.05) is 43.0 Å². The molecule has 6 rings (SSSR count). The van der Waals surface area contributed by atoms with Crippen molar-refractivity contribution in [3.05, 3.63) is 40.3 Å². The molecule has 10 heteroatoms. The first-order valence-electron chi connectivity index (χ1n) is 15.8. The Labute approximate surface area is 246 Å². The standard InChI is InChI=1S/C32H43N5O5/c1-33-29(38)13-12-27(35-42-19-30(39)40)31-32(41)37(28-11-3-2-10-26(28)34-31)25-17-22-8-5-9-23(18-25)36(22)24-15-20-6-4-7-21(14-20)16-24/h2-3,10-11,20-25H,4-9,12-19H2,1H3,(H,33,38)(H,39,40)/t20?,21?,22-,23+,24?,25+. The quantitative estimate of drug-likeness (QED) is 0.337. The van der Waals surface area contributed by atoms with Gasteiger partial charge in [-0.2, -0.15) is 0 Å². The molecule has 2 saturated carbocycles. The number of piperidine rings is 2. The molecule has 2 unspecified atom stereocenters. The summed E-state index contributed by atoms with van der Waals surface area (Å²) < 4.78 is 1.92. The second-order valence-corrected chi connectivity index (χ2v) is 12.8. The van der Waals surface area contributed by atoms with Crippen molar-refractivity contribution in [2.24, 2.45) is 17.0 Å². The fraction of sp³-hybridized carbons (Fsp3) is 0.656. The lowest BCUT2D eigenvalue weighted by Gasteiger charge is -2.55. The van der Waals surface area contributed by atoms with Gasteiger partial charge in [-0.05, 0) is 68.9 Å². The fourth-order valence-corrected chi connectivity index (χ4v) is 8.57. The van der Waals surface area contributed by atoms with Crippen LogP contribution in [0, 0.1) is 11.8 Å². The summed E-state index contributed by atoms with van der Waals surface area (Å²) in [5, 5.41) is 15.7. The molecule has 1 aromatic heterocycles. The number of amides is 1. The Morgan fingerprint density at radius 1 is 0.952 bits per heavy atom. The van der Waals surface area contributed by atoms with Gasteiger partial charge in [-0.25, -0.2) is 9.78 Å². The maximum atomic E-state index is 14.3. The zero-order chi connectivity index (χ0) is 29.2. The number of aliphatic carboxylic acids is 1. The van der Waals surface area contributed by atoms with Crippen LogP contribution in [0.2, 0.25) is 0 Å². The van der Waals surface area contributed by atoms with Gasteiger partial charge in [0.25, 0.3) is 5.56 Å². The van der Waals surface area contributed by atoms with Crippen LogP contribution in [0.4, 0.5) is 0 Å². The van der Waals surface area contributed by atoms with Crippen molar-refractivity contribution in [2.75, 3.05) is 13.7 Å². The predicted octanol–water partition coefficient (Wildman–Crippen LogP) is 4.25.